The van der Waals surface area contributed by atoms with E-state index in [0.717, 1.165) is 27.9 Å². The zero-order chi connectivity index (χ0) is 13.4. The second-order valence-corrected chi connectivity index (χ2v) is 7.35. The third-order valence-electron chi connectivity index (χ3n) is 3.00. The Morgan fingerprint density at radius 1 is 1.53 bits per heavy atom. The molecule has 0 spiro atoms. The molecule has 19 heavy (non-hydrogen) atoms. The Hall–Kier alpha value is -1.10. The molecule has 0 aromatic carbocycles. The van der Waals surface area contributed by atoms with E-state index in [9.17, 15) is 5.26 Å². The number of hydrogen-bond donors (Lipinski definition) is 1. The molecule has 7 heteroatoms. The minimum Gasteiger partial charge on any atom is -0.393 e. The number of aromatic nitrogens is 2. The molecule has 0 fully saturated rings. The molecule has 0 bridgehead atoms. The van der Waals surface area contributed by atoms with Crippen LogP contribution in [-0.2, 0) is 0 Å². The normalized spacial score (nSPS) is 20.5. The number of imidazole rings is 1. The van der Waals surface area contributed by atoms with E-state index in [1.165, 1.54) is 0 Å². The fourth-order valence-corrected chi connectivity index (χ4v) is 5.29. The summed E-state index contributed by atoms with van der Waals surface area (Å²) in [4.78, 5) is 5.53. The molecule has 0 saturated heterocycles. The Bertz CT molecular complexity index is 691. The van der Waals surface area contributed by atoms with E-state index in [1.54, 1.807) is 34.9 Å². The molecule has 4 nitrogen and oxygen atoms in total. The van der Waals surface area contributed by atoms with Crippen molar-refractivity contribution in [3.63, 3.8) is 0 Å². The maximum absolute atomic E-state index is 9.43. The van der Waals surface area contributed by atoms with Crippen LogP contribution in [0.4, 0.5) is 0 Å². The smallest absolute Gasteiger partial charge is 0.194 e. The van der Waals surface area contributed by atoms with Crippen LogP contribution in [-0.4, -0.2) is 20.9 Å². The molecule has 1 aliphatic rings. The number of nitrogens with two attached hydrogens (primary N) is 1. The lowest BCUT2D eigenvalue weighted by molar-refractivity contribution is 0.994. The summed E-state index contributed by atoms with van der Waals surface area (Å²) < 4.78 is 2.08. The fourth-order valence-electron chi connectivity index (χ4n) is 2.16. The average molecular weight is 308 g/mol. The lowest BCUT2D eigenvalue weighted by Gasteiger charge is -2.14. The van der Waals surface area contributed by atoms with Crippen molar-refractivity contribution < 1.29 is 0 Å². The molecule has 3 heterocycles. The van der Waals surface area contributed by atoms with Gasteiger partial charge < -0.3 is 5.73 Å². The van der Waals surface area contributed by atoms with Crippen molar-refractivity contribution in [2.24, 2.45) is 5.73 Å². The first kappa shape index (κ1) is 12.9. The molecule has 98 valence electrons. The average Bonchev–Trinajstić information content (AvgIpc) is 2.87. The first-order chi connectivity index (χ1) is 9.22. The van der Waals surface area contributed by atoms with Gasteiger partial charge in [0.1, 0.15) is 0 Å². The van der Waals surface area contributed by atoms with E-state index < -0.39 is 0 Å². The van der Waals surface area contributed by atoms with Crippen molar-refractivity contribution >= 4 is 39.8 Å². The maximum atomic E-state index is 9.43. The van der Waals surface area contributed by atoms with Gasteiger partial charge in [-0.3, -0.25) is 4.40 Å². The monoisotopic (exact) mass is 308 g/mol. The largest absolute Gasteiger partial charge is 0.393 e. The van der Waals surface area contributed by atoms with Gasteiger partial charge in [-0.05, 0) is 6.92 Å². The van der Waals surface area contributed by atoms with E-state index in [0.29, 0.717) is 10.6 Å². The summed E-state index contributed by atoms with van der Waals surface area (Å²) in [7, 11) is 0. The Morgan fingerprint density at radius 3 is 3.16 bits per heavy atom. The summed E-state index contributed by atoms with van der Waals surface area (Å²) in [6.07, 6.45) is 2.01. The van der Waals surface area contributed by atoms with Crippen LogP contribution in [0.5, 0.6) is 0 Å². The minimum atomic E-state index is -0.00963. The molecule has 0 amide bonds. The van der Waals surface area contributed by atoms with E-state index >= 15 is 0 Å². The molecule has 1 unspecified atom stereocenters. The van der Waals surface area contributed by atoms with E-state index in [-0.39, 0.29) is 5.25 Å². The summed E-state index contributed by atoms with van der Waals surface area (Å²) in [6.45, 7) is 2.00. The highest BCUT2D eigenvalue weighted by atomic mass is 32.2. The minimum absolute atomic E-state index is 0.00963. The van der Waals surface area contributed by atoms with Gasteiger partial charge in [0.2, 0.25) is 0 Å². The van der Waals surface area contributed by atoms with Crippen LogP contribution in [0.25, 0.3) is 4.96 Å². The van der Waals surface area contributed by atoms with Crippen molar-refractivity contribution in [3.8, 4) is 6.07 Å². The van der Waals surface area contributed by atoms with Gasteiger partial charge in [0.05, 0.1) is 33.3 Å². The highest BCUT2D eigenvalue weighted by Crippen LogP contribution is 2.42. The molecule has 0 radical (unpaired) electrons. The molecule has 2 aromatic rings. The highest BCUT2D eigenvalue weighted by molar-refractivity contribution is 8.05. The van der Waals surface area contributed by atoms with Crippen molar-refractivity contribution in [3.05, 3.63) is 33.6 Å². The zero-order valence-electron chi connectivity index (χ0n) is 10.3. The molecule has 0 aliphatic carbocycles. The topological polar surface area (TPSA) is 67.1 Å². The zero-order valence-corrected chi connectivity index (χ0v) is 12.7. The second-order valence-electron chi connectivity index (χ2n) is 4.13. The number of thioether (sulfide) groups is 2. The van der Waals surface area contributed by atoms with Gasteiger partial charge in [0.25, 0.3) is 0 Å². The molecule has 1 aliphatic heterocycles. The van der Waals surface area contributed by atoms with Crippen molar-refractivity contribution in [1.82, 2.24) is 9.38 Å². The highest BCUT2D eigenvalue weighted by Gasteiger charge is 2.28. The molecular formula is C12H12N4S3. The molecular weight excluding hydrogens is 296 g/mol. The van der Waals surface area contributed by atoms with Crippen LogP contribution >= 0.6 is 34.9 Å². The molecule has 1 atom stereocenters. The van der Waals surface area contributed by atoms with Crippen LogP contribution in [0.2, 0.25) is 0 Å². The number of rotatable bonds is 1. The predicted octanol–water partition coefficient (Wildman–Crippen LogP) is 2.92. The predicted molar refractivity (Wildman–Crippen MR) is 82.3 cm³/mol. The van der Waals surface area contributed by atoms with Crippen LogP contribution in [0.1, 0.15) is 16.6 Å². The number of thiazole rings is 1. The first-order valence-corrected chi connectivity index (χ1v) is 8.70. The Kier molecular flexibility index (Phi) is 3.48. The van der Waals surface area contributed by atoms with Crippen LogP contribution in [0, 0.1) is 18.3 Å². The third-order valence-corrected chi connectivity index (χ3v) is 6.19. The van der Waals surface area contributed by atoms with Crippen LogP contribution < -0.4 is 5.73 Å². The molecule has 2 N–H and O–H groups in total. The summed E-state index contributed by atoms with van der Waals surface area (Å²) in [5, 5.41) is 12.1. The van der Waals surface area contributed by atoms with E-state index in [4.69, 9.17) is 5.73 Å². The van der Waals surface area contributed by atoms with Crippen molar-refractivity contribution in [2.75, 3.05) is 11.5 Å². The van der Waals surface area contributed by atoms with Crippen molar-refractivity contribution in [1.29, 1.82) is 5.26 Å². The number of nitriles is 1. The summed E-state index contributed by atoms with van der Waals surface area (Å²) in [5.41, 5.74) is 8.77. The molecule has 0 saturated carbocycles. The number of aryl methyl sites for hydroxylation is 1. The standard InChI is InChI=1S/C12H12N4S3/c1-7-9(16-2-3-19-12(16)15-7)10-8(6-13)11(14)18-5-4-17-10/h2-3,10H,4-5,14H2,1H3. The van der Waals surface area contributed by atoms with Gasteiger partial charge in [0, 0.05) is 23.1 Å². The third kappa shape index (κ3) is 2.14. The second kappa shape index (κ2) is 5.12. The van der Waals surface area contributed by atoms with Crippen molar-refractivity contribution in [2.45, 2.75) is 12.2 Å². The van der Waals surface area contributed by atoms with Crippen LogP contribution in [0.15, 0.2) is 22.2 Å². The molecule has 2 aromatic heterocycles. The summed E-state index contributed by atoms with van der Waals surface area (Å²) in [5.74, 6) is 1.93. The Balaban J connectivity index is 2.18. The lowest BCUT2D eigenvalue weighted by atomic mass is 10.1. The Labute approximate surface area is 123 Å². The van der Waals surface area contributed by atoms with Gasteiger partial charge >= 0.3 is 0 Å². The maximum Gasteiger partial charge on any atom is 0.194 e. The van der Waals surface area contributed by atoms with E-state index in [1.807, 2.05) is 18.5 Å². The van der Waals surface area contributed by atoms with Crippen LogP contribution in [0.3, 0.4) is 0 Å². The van der Waals surface area contributed by atoms with Gasteiger partial charge in [-0.1, -0.05) is 0 Å². The lowest BCUT2D eigenvalue weighted by Crippen LogP contribution is -2.06. The number of hydrogen-bond acceptors (Lipinski definition) is 6. The first-order valence-electron chi connectivity index (χ1n) is 5.78. The summed E-state index contributed by atoms with van der Waals surface area (Å²) in [6, 6.07) is 2.29. The quantitative estimate of drug-likeness (QED) is 0.877. The number of fused-ring (bicyclic) bond motifs is 1. The summed E-state index contributed by atoms with van der Waals surface area (Å²) >= 11 is 4.95. The Morgan fingerprint density at radius 2 is 2.37 bits per heavy atom. The van der Waals surface area contributed by atoms with Gasteiger partial charge in [-0.25, -0.2) is 4.98 Å². The fraction of sp³-hybridized carbons (Fsp3) is 0.333. The van der Waals surface area contributed by atoms with E-state index in [2.05, 4.69) is 15.5 Å². The van der Waals surface area contributed by atoms with Gasteiger partial charge in [-0.2, -0.15) is 5.26 Å². The van der Waals surface area contributed by atoms with Gasteiger partial charge in [-0.15, -0.1) is 34.9 Å². The number of nitrogens with zero attached hydrogens (tertiary/aromatic N) is 3. The van der Waals surface area contributed by atoms with Gasteiger partial charge in [0.15, 0.2) is 4.96 Å². The molecule has 3 rings (SSSR count). The SMILES string of the molecule is Cc1nc2sccn2c1C1SCCSC(N)=C1C#N.